The van der Waals surface area contributed by atoms with Gasteiger partial charge in [-0.05, 0) is 48.9 Å². The quantitative estimate of drug-likeness (QED) is 0.334. The number of benzene rings is 2. The van der Waals surface area contributed by atoms with Crippen LogP contribution in [0.4, 0.5) is 32.0 Å². The first kappa shape index (κ1) is 25.2. The number of anilines is 1. The van der Waals surface area contributed by atoms with E-state index in [1.807, 2.05) is 0 Å². The van der Waals surface area contributed by atoms with Gasteiger partial charge in [0.15, 0.2) is 5.60 Å². The van der Waals surface area contributed by atoms with Crippen LogP contribution in [-0.4, -0.2) is 40.3 Å². The summed E-state index contributed by atoms with van der Waals surface area (Å²) in [5, 5.41) is 12.4. The summed E-state index contributed by atoms with van der Waals surface area (Å²) in [5.41, 5.74) is 4.17. The Morgan fingerprint density at radius 2 is 1.79 bits per heavy atom. The minimum atomic E-state index is -4.88. The number of hydrogen-bond donors (Lipinski definition) is 3. The summed E-state index contributed by atoms with van der Waals surface area (Å²) in [6.07, 6.45) is -10.5. The van der Waals surface area contributed by atoms with Gasteiger partial charge in [0.25, 0.3) is 5.91 Å². The molecule has 0 fully saturated rings. The molecule has 0 saturated heterocycles. The number of hydrogen-bond acceptors (Lipinski definition) is 4. The lowest BCUT2D eigenvalue weighted by molar-refractivity contribution is -0.274. The number of nitrogens with one attached hydrogen (secondary N) is 1. The third kappa shape index (κ3) is 5.93. The number of carbonyl (C=O) groups is 1. The number of halogens is 6. The third-order valence-electron chi connectivity index (χ3n) is 5.14. The third-order valence-corrected chi connectivity index (χ3v) is 5.14. The van der Waals surface area contributed by atoms with E-state index in [1.165, 1.54) is 28.8 Å². The van der Waals surface area contributed by atoms with Gasteiger partial charge in [0.05, 0.1) is 0 Å². The molecular weight excluding hydrogens is 468 g/mol. The van der Waals surface area contributed by atoms with Crippen LogP contribution in [0.25, 0.3) is 10.9 Å². The second-order valence-corrected chi connectivity index (χ2v) is 7.91. The van der Waals surface area contributed by atoms with Crippen molar-refractivity contribution in [2.45, 2.75) is 38.0 Å². The maximum atomic E-state index is 12.8. The number of rotatable bonds is 7. The summed E-state index contributed by atoms with van der Waals surface area (Å²) in [5.74, 6) is -1.17. The second-order valence-electron chi connectivity index (χ2n) is 7.91. The highest BCUT2D eigenvalue weighted by molar-refractivity contribution is 5.99. The summed E-state index contributed by atoms with van der Waals surface area (Å²) >= 11 is 0. The van der Waals surface area contributed by atoms with Crippen molar-refractivity contribution in [1.82, 2.24) is 9.88 Å². The fourth-order valence-electron chi connectivity index (χ4n) is 3.32. The molecule has 0 aliphatic carbocycles. The van der Waals surface area contributed by atoms with Gasteiger partial charge >= 0.3 is 12.5 Å². The molecule has 12 heteroatoms. The average Bonchev–Trinajstić information content (AvgIpc) is 3.03. The molecule has 0 radical (unpaired) electrons. The number of amides is 1. The lowest BCUT2D eigenvalue weighted by atomic mass is 10.0. The lowest BCUT2D eigenvalue weighted by Crippen LogP contribution is -2.44. The van der Waals surface area contributed by atoms with E-state index in [2.05, 4.69) is 10.1 Å². The molecule has 1 atom stereocenters. The molecule has 0 aliphatic heterocycles. The van der Waals surface area contributed by atoms with Crippen LogP contribution in [-0.2, 0) is 6.54 Å². The van der Waals surface area contributed by atoms with Gasteiger partial charge in [0.2, 0.25) is 0 Å². The van der Waals surface area contributed by atoms with Crippen molar-refractivity contribution < 1.29 is 41.0 Å². The summed E-state index contributed by atoms with van der Waals surface area (Å²) < 4.78 is 81.6. The van der Waals surface area contributed by atoms with Crippen LogP contribution >= 0.6 is 0 Å². The molecule has 1 aromatic heterocycles. The zero-order valence-corrected chi connectivity index (χ0v) is 17.8. The summed E-state index contributed by atoms with van der Waals surface area (Å²) in [6, 6.07) is 11.4. The lowest BCUT2D eigenvalue weighted by Gasteiger charge is -2.26. The molecule has 0 bridgehead atoms. The van der Waals surface area contributed by atoms with Gasteiger partial charge in [-0.15, -0.1) is 13.2 Å². The first-order chi connectivity index (χ1) is 15.7. The molecule has 0 aliphatic rings. The molecular formula is C22H21F6N3O3. The molecule has 34 heavy (non-hydrogen) atoms. The topological polar surface area (TPSA) is 89.5 Å². The van der Waals surface area contributed by atoms with Crippen LogP contribution in [0.1, 0.15) is 29.4 Å². The summed E-state index contributed by atoms with van der Waals surface area (Å²) in [6.45, 7) is 0.102. The van der Waals surface area contributed by atoms with E-state index >= 15 is 0 Å². The summed E-state index contributed by atoms with van der Waals surface area (Å²) in [4.78, 5) is 12.8. The Hall–Kier alpha value is -3.41. The van der Waals surface area contributed by atoms with E-state index in [0.29, 0.717) is 29.1 Å². The van der Waals surface area contributed by atoms with Crippen LogP contribution in [0.15, 0.2) is 48.5 Å². The molecule has 1 unspecified atom stereocenters. The fourth-order valence-corrected chi connectivity index (χ4v) is 3.32. The molecule has 0 spiro atoms. The first-order valence-electron chi connectivity index (χ1n) is 9.97. The fraction of sp³-hybridized carbons (Fsp3) is 0.318. The van der Waals surface area contributed by atoms with Gasteiger partial charge < -0.3 is 25.5 Å². The normalized spacial score (nSPS) is 14.1. The summed E-state index contributed by atoms with van der Waals surface area (Å²) in [7, 11) is 0. The van der Waals surface area contributed by atoms with Gasteiger partial charge in [0.1, 0.15) is 11.4 Å². The maximum Gasteiger partial charge on any atom is 0.573 e. The van der Waals surface area contributed by atoms with Crippen molar-refractivity contribution in [2.75, 3.05) is 12.3 Å². The Kier molecular flexibility index (Phi) is 6.74. The van der Waals surface area contributed by atoms with Crippen molar-refractivity contribution >= 4 is 22.5 Å². The van der Waals surface area contributed by atoms with Gasteiger partial charge in [-0.25, -0.2) is 0 Å². The number of fused-ring (bicyclic) bond motifs is 1. The molecule has 0 saturated carbocycles. The number of ether oxygens (including phenoxy) is 1. The van der Waals surface area contributed by atoms with Gasteiger partial charge in [-0.1, -0.05) is 12.1 Å². The molecule has 184 valence electrons. The van der Waals surface area contributed by atoms with Crippen LogP contribution in [0.3, 0.4) is 0 Å². The number of nitrogens with zero attached hydrogens (tertiary/aromatic N) is 1. The van der Waals surface area contributed by atoms with E-state index in [4.69, 9.17) is 5.73 Å². The number of carbonyl (C=O) groups excluding carboxylic acids is 1. The SMILES string of the molecule is CC(O)(CCNC(=O)c1cc2cc(N)ccc2n1Cc1cccc(OC(F)(F)F)c1)C(F)(F)F. The Morgan fingerprint density at radius 1 is 1.09 bits per heavy atom. The van der Waals surface area contributed by atoms with Crippen LogP contribution in [0.5, 0.6) is 5.75 Å². The van der Waals surface area contributed by atoms with Crippen molar-refractivity contribution in [3.8, 4) is 5.75 Å². The molecule has 6 nitrogen and oxygen atoms in total. The number of aromatic nitrogens is 1. The highest BCUT2D eigenvalue weighted by Gasteiger charge is 2.49. The number of alkyl halides is 6. The number of aliphatic hydroxyl groups is 1. The molecule has 3 aromatic rings. The number of nitrogen functional groups attached to an aromatic ring is 1. The van der Waals surface area contributed by atoms with Crippen molar-refractivity contribution in [2.24, 2.45) is 0 Å². The highest BCUT2D eigenvalue weighted by atomic mass is 19.4. The smallest absolute Gasteiger partial charge is 0.406 e. The monoisotopic (exact) mass is 489 g/mol. The van der Waals surface area contributed by atoms with Gasteiger partial charge in [-0.2, -0.15) is 13.2 Å². The van der Waals surface area contributed by atoms with Crippen molar-refractivity contribution in [1.29, 1.82) is 0 Å². The van der Waals surface area contributed by atoms with E-state index in [0.717, 1.165) is 6.07 Å². The minimum absolute atomic E-state index is 0.0362. The molecule has 4 N–H and O–H groups in total. The molecule has 2 aromatic carbocycles. The standard InChI is InChI=1S/C22H21F6N3O3/c1-20(33,21(23,24)25)7-8-30-19(32)18-11-14-10-15(29)5-6-17(14)31(18)12-13-3-2-4-16(9-13)34-22(26,27)28/h2-6,9-11,33H,7-8,12,29H2,1H3,(H,30,32). The van der Waals surface area contributed by atoms with Crippen LogP contribution < -0.4 is 15.8 Å². The highest BCUT2D eigenvalue weighted by Crippen LogP contribution is 2.32. The predicted molar refractivity (Wildman–Crippen MR) is 112 cm³/mol. The average molecular weight is 489 g/mol. The Balaban J connectivity index is 1.88. The second kappa shape index (κ2) is 9.09. The van der Waals surface area contributed by atoms with E-state index in [1.54, 1.807) is 18.2 Å². The van der Waals surface area contributed by atoms with Gasteiger partial charge in [0, 0.05) is 36.1 Å². The Morgan fingerprint density at radius 3 is 2.44 bits per heavy atom. The van der Waals surface area contributed by atoms with E-state index < -0.39 is 42.8 Å². The van der Waals surface area contributed by atoms with Crippen LogP contribution in [0.2, 0.25) is 0 Å². The van der Waals surface area contributed by atoms with E-state index in [9.17, 15) is 36.2 Å². The Labute approximate surface area is 189 Å². The van der Waals surface area contributed by atoms with E-state index in [-0.39, 0.29) is 12.2 Å². The largest absolute Gasteiger partial charge is 0.573 e. The molecule has 1 heterocycles. The molecule has 1 amide bonds. The van der Waals surface area contributed by atoms with Crippen molar-refractivity contribution in [3.05, 3.63) is 59.8 Å². The van der Waals surface area contributed by atoms with Crippen molar-refractivity contribution in [3.63, 3.8) is 0 Å². The zero-order valence-electron chi connectivity index (χ0n) is 17.8. The predicted octanol–water partition coefficient (Wildman–Crippen LogP) is 4.60. The van der Waals surface area contributed by atoms with Gasteiger partial charge in [-0.3, -0.25) is 4.79 Å². The Bertz CT molecular complexity index is 1180. The minimum Gasteiger partial charge on any atom is -0.406 e. The first-order valence-corrected chi connectivity index (χ1v) is 9.97. The zero-order chi connectivity index (χ0) is 25.3. The molecule has 3 rings (SSSR count). The maximum absolute atomic E-state index is 12.8. The number of nitrogens with two attached hydrogens (primary N) is 1. The van der Waals surface area contributed by atoms with Crippen LogP contribution in [0, 0.1) is 0 Å².